The van der Waals surface area contributed by atoms with E-state index in [0.717, 1.165) is 26.1 Å². The first kappa shape index (κ1) is 11.9. The summed E-state index contributed by atoms with van der Waals surface area (Å²) in [6, 6.07) is 0.232. The maximum absolute atomic E-state index is 11.3. The molecule has 1 fully saturated rings. The van der Waals surface area contributed by atoms with Crippen LogP contribution < -0.4 is 16.6 Å². The largest absolute Gasteiger partial charge is 0.391 e. The minimum atomic E-state index is -0.304. The highest BCUT2D eigenvalue weighted by Crippen LogP contribution is 2.21. The van der Waals surface area contributed by atoms with Gasteiger partial charge >= 0.3 is 0 Å². The highest BCUT2D eigenvalue weighted by Gasteiger charge is 2.21. The zero-order valence-corrected chi connectivity index (χ0v) is 9.90. The summed E-state index contributed by atoms with van der Waals surface area (Å²) in [5.41, 5.74) is 5.51. The highest BCUT2D eigenvalue weighted by molar-refractivity contribution is 5.59. The molecule has 0 amide bonds. The van der Waals surface area contributed by atoms with Crippen molar-refractivity contribution in [2.75, 3.05) is 24.3 Å². The maximum atomic E-state index is 11.3. The molecule has 1 saturated heterocycles. The van der Waals surface area contributed by atoms with Crippen LogP contribution >= 0.6 is 0 Å². The Morgan fingerprint density at radius 2 is 2.29 bits per heavy atom. The summed E-state index contributed by atoms with van der Waals surface area (Å²) in [4.78, 5) is 17.8. The van der Waals surface area contributed by atoms with E-state index in [1.54, 1.807) is 0 Å². The molecule has 17 heavy (non-hydrogen) atoms. The fourth-order valence-electron chi connectivity index (χ4n) is 2.07. The minimum absolute atomic E-state index is 0.145. The van der Waals surface area contributed by atoms with E-state index in [-0.39, 0.29) is 17.3 Å². The Bertz CT molecular complexity index is 426. The molecule has 2 rings (SSSR count). The Hall–Kier alpha value is -1.56. The second-order valence-corrected chi connectivity index (χ2v) is 4.38. The summed E-state index contributed by atoms with van der Waals surface area (Å²) < 4.78 is 5.32. The summed E-state index contributed by atoms with van der Waals surface area (Å²) in [7, 11) is 0. The number of H-pyrrole nitrogens is 1. The van der Waals surface area contributed by atoms with E-state index in [1.165, 1.54) is 6.33 Å². The molecule has 6 heteroatoms. The van der Waals surface area contributed by atoms with Crippen molar-refractivity contribution in [1.29, 1.82) is 0 Å². The monoisotopic (exact) mass is 238 g/mol. The third-order valence-electron chi connectivity index (χ3n) is 3.23. The van der Waals surface area contributed by atoms with Crippen molar-refractivity contribution in [3.8, 4) is 0 Å². The number of nitrogens with one attached hydrogen (secondary N) is 2. The lowest BCUT2D eigenvalue weighted by Crippen LogP contribution is -2.32. The molecule has 1 aromatic rings. The van der Waals surface area contributed by atoms with Gasteiger partial charge in [0, 0.05) is 19.3 Å². The summed E-state index contributed by atoms with van der Waals surface area (Å²) in [5, 5.41) is 3.21. The number of nitrogens with two attached hydrogens (primary N) is 1. The first-order valence-corrected chi connectivity index (χ1v) is 5.86. The number of rotatable bonds is 3. The summed E-state index contributed by atoms with van der Waals surface area (Å²) in [6.45, 7) is 3.68. The number of aromatic amines is 1. The Kier molecular flexibility index (Phi) is 3.63. The van der Waals surface area contributed by atoms with E-state index in [1.807, 2.05) is 0 Å². The molecule has 0 aliphatic carbocycles. The number of hydrogen-bond donors (Lipinski definition) is 3. The molecule has 6 nitrogen and oxygen atoms in total. The van der Waals surface area contributed by atoms with Gasteiger partial charge in [-0.2, -0.15) is 0 Å². The molecular formula is C11H18N4O2. The highest BCUT2D eigenvalue weighted by atomic mass is 16.5. The van der Waals surface area contributed by atoms with Crippen molar-refractivity contribution in [3.63, 3.8) is 0 Å². The van der Waals surface area contributed by atoms with Gasteiger partial charge in [-0.05, 0) is 25.7 Å². The predicted octanol–water partition coefficient (Wildman–Crippen LogP) is 0.579. The van der Waals surface area contributed by atoms with Crippen LogP contribution in [0, 0.1) is 5.92 Å². The molecule has 94 valence electrons. The van der Waals surface area contributed by atoms with Gasteiger partial charge in [-0.15, -0.1) is 0 Å². The van der Waals surface area contributed by atoms with Crippen molar-refractivity contribution in [1.82, 2.24) is 9.97 Å². The fourth-order valence-corrected chi connectivity index (χ4v) is 2.07. The topological polar surface area (TPSA) is 93.0 Å². The standard InChI is InChI=1S/C11H18N4O2/c1-7(8-2-4-17-5-3-8)15-10-9(12)11(16)14-6-13-10/h6-8H,2-5,12H2,1H3,(H2,13,14,15,16). The lowest BCUT2D eigenvalue weighted by atomic mass is 9.93. The molecule has 2 heterocycles. The molecule has 1 aliphatic rings. The summed E-state index contributed by atoms with van der Waals surface area (Å²) in [6.07, 6.45) is 3.41. The van der Waals surface area contributed by atoms with Crippen molar-refractivity contribution in [2.24, 2.45) is 5.92 Å². The van der Waals surface area contributed by atoms with E-state index >= 15 is 0 Å². The molecule has 0 radical (unpaired) electrons. The van der Waals surface area contributed by atoms with E-state index in [2.05, 4.69) is 22.2 Å². The van der Waals surface area contributed by atoms with Crippen LogP contribution in [0.4, 0.5) is 11.5 Å². The molecule has 1 unspecified atom stereocenters. The number of ether oxygens (including phenoxy) is 1. The lowest BCUT2D eigenvalue weighted by molar-refractivity contribution is 0.0622. The van der Waals surface area contributed by atoms with E-state index in [0.29, 0.717) is 11.7 Å². The first-order chi connectivity index (χ1) is 8.18. The molecular weight excluding hydrogens is 220 g/mol. The van der Waals surface area contributed by atoms with Gasteiger partial charge < -0.3 is 20.8 Å². The Morgan fingerprint density at radius 3 is 3.00 bits per heavy atom. The fraction of sp³-hybridized carbons (Fsp3) is 0.636. The zero-order valence-electron chi connectivity index (χ0n) is 9.90. The van der Waals surface area contributed by atoms with Crippen LogP contribution in [-0.2, 0) is 4.74 Å². The van der Waals surface area contributed by atoms with Crippen LogP contribution in [-0.4, -0.2) is 29.2 Å². The van der Waals surface area contributed by atoms with Gasteiger partial charge in [0.15, 0.2) is 5.82 Å². The van der Waals surface area contributed by atoms with Crippen LogP contribution in [0.2, 0.25) is 0 Å². The van der Waals surface area contributed by atoms with E-state index in [9.17, 15) is 4.79 Å². The van der Waals surface area contributed by atoms with Crippen molar-refractivity contribution >= 4 is 11.5 Å². The molecule has 1 aliphatic heterocycles. The average Bonchev–Trinajstić information content (AvgIpc) is 2.36. The third kappa shape index (κ3) is 2.76. The molecule has 0 saturated carbocycles. The smallest absolute Gasteiger partial charge is 0.276 e. The summed E-state index contributed by atoms with van der Waals surface area (Å²) in [5.74, 6) is 0.997. The quantitative estimate of drug-likeness (QED) is 0.716. The van der Waals surface area contributed by atoms with Gasteiger partial charge in [0.1, 0.15) is 5.69 Å². The zero-order chi connectivity index (χ0) is 12.3. The average molecular weight is 238 g/mol. The maximum Gasteiger partial charge on any atom is 0.276 e. The van der Waals surface area contributed by atoms with Crippen molar-refractivity contribution < 1.29 is 4.74 Å². The molecule has 1 aromatic heterocycles. The normalized spacial score (nSPS) is 18.9. The number of hydrogen-bond acceptors (Lipinski definition) is 5. The summed E-state index contributed by atoms with van der Waals surface area (Å²) >= 11 is 0. The second kappa shape index (κ2) is 5.18. The van der Waals surface area contributed by atoms with Gasteiger partial charge in [0.25, 0.3) is 5.56 Å². The van der Waals surface area contributed by atoms with Gasteiger partial charge in [-0.1, -0.05) is 0 Å². The lowest BCUT2D eigenvalue weighted by Gasteiger charge is -2.28. The van der Waals surface area contributed by atoms with Gasteiger partial charge in [0.05, 0.1) is 6.33 Å². The van der Waals surface area contributed by atoms with E-state index < -0.39 is 0 Å². The SMILES string of the molecule is CC(Nc1nc[nH]c(=O)c1N)C1CCOCC1. The molecule has 0 aromatic carbocycles. The third-order valence-corrected chi connectivity index (χ3v) is 3.23. The Labute approximate surface area is 99.6 Å². The second-order valence-electron chi connectivity index (χ2n) is 4.38. The number of aromatic nitrogens is 2. The van der Waals surface area contributed by atoms with Crippen LogP contribution in [0.1, 0.15) is 19.8 Å². The van der Waals surface area contributed by atoms with Crippen LogP contribution in [0.15, 0.2) is 11.1 Å². The van der Waals surface area contributed by atoms with Crippen molar-refractivity contribution in [2.45, 2.75) is 25.8 Å². The van der Waals surface area contributed by atoms with Gasteiger partial charge in [0.2, 0.25) is 0 Å². The first-order valence-electron chi connectivity index (χ1n) is 5.86. The predicted molar refractivity (Wildman–Crippen MR) is 65.9 cm³/mol. The number of nitrogen functional groups attached to an aromatic ring is 1. The number of anilines is 2. The molecule has 0 bridgehead atoms. The molecule has 0 spiro atoms. The van der Waals surface area contributed by atoms with Crippen LogP contribution in [0.5, 0.6) is 0 Å². The Morgan fingerprint density at radius 1 is 1.59 bits per heavy atom. The van der Waals surface area contributed by atoms with E-state index in [4.69, 9.17) is 10.5 Å². The van der Waals surface area contributed by atoms with Crippen LogP contribution in [0.25, 0.3) is 0 Å². The van der Waals surface area contributed by atoms with Gasteiger partial charge in [-0.3, -0.25) is 4.79 Å². The van der Waals surface area contributed by atoms with Crippen LogP contribution in [0.3, 0.4) is 0 Å². The Balaban J connectivity index is 2.04. The van der Waals surface area contributed by atoms with Crippen molar-refractivity contribution in [3.05, 3.63) is 16.7 Å². The molecule has 1 atom stereocenters. The molecule has 4 N–H and O–H groups in total. The number of nitrogens with zero attached hydrogens (tertiary/aromatic N) is 1. The van der Waals surface area contributed by atoms with Gasteiger partial charge in [-0.25, -0.2) is 4.98 Å². The minimum Gasteiger partial charge on any atom is -0.391 e.